The van der Waals surface area contributed by atoms with Crippen molar-refractivity contribution in [2.24, 2.45) is 0 Å². The third-order valence-electron chi connectivity index (χ3n) is 1.12. The molecule has 0 aliphatic carbocycles. The van der Waals surface area contributed by atoms with E-state index in [1.54, 1.807) is 12.3 Å². The maximum atomic E-state index is 5.42. The first-order valence-corrected chi connectivity index (χ1v) is 3.83. The van der Waals surface area contributed by atoms with Gasteiger partial charge in [-0.05, 0) is 12.5 Å². The summed E-state index contributed by atoms with van der Waals surface area (Å²) < 4.78 is 5.14. The van der Waals surface area contributed by atoms with E-state index in [0.29, 0.717) is 18.4 Å². The van der Waals surface area contributed by atoms with Crippen LogP contribution in [0.15, 0.2) is 18.3 Å². The van der Waals surface area contributed by atoms with E-state index in [-0.39, 0.29) is 0 Å². The van der Waals surface area contributed by atoms with Gasteiger partial charge >= 0.3 is 0 Å². The molecular weight excluding hydrogens is 162 g/mol. The van der Waals surface area contributed by atoms with Crippen molar-refractivity contribution in [2.45, 2.75) is 0 Å². The maximum absolute atomic E-state index is 5.42. The van der Waals surface area contributed by atoms with Crippen molar-refractivity contribution in [3.05, 3.63) is 30.8 Å². The zero-order valence-corrected chi connectivity index (χ0v) is 6.84. The number of halogens is 1. The largest absolute Gasteiger partial charge is 0.476 e. The number of pyridine rings is 1. The third kappa shape index (κ3) is 2.76. The number of aromatic nitrogens is 1. The van der Waals surface area contributed by atoms with Crippen LogP contribution in [0.25, 0.3) is 0 Å². The van der Waals surface area contributed by atoms with Gasteiger partial charge in [-0.25, -0.2) is 4.98 Å². The van der Waals surface area contributed by atoms with Gasteiger partial charge in [-0.3, -0.25) is 0 Å². The lowest BCUT2D eigenvalue weighted by Crippen LogP contribution is -1.99. The van der Waals surface area contributed by atoms with E-state index < -0.39 is 0 Å². The van der Waals surface area contributed by atoms with Gasteiger partial charge in [0.25, 0.3) is 0 Å². The monoisotopic (exact) mass is 170 g/mol. The molecule has 0 aliphatic rings. The third-order valence-corrected chi connectivity index (χ3v) is 1.28. The molecule has 0 aromatic carbocycles. The molecular formula is C8H9ClNO. The van der Waals surface area contributed by atoms with E-state index in [9.17, 15) is 0 Å². The Kier molecular flexibility index (Phi) is 3.17. The number of hydrogen-bond donors (Lipinski definition) is 0. The first-order chi connectivity index (χ1) is 5.33. The van der Waals surface area contributed by atoms with Crippen molar-refractivity contribution < 1.29 is 4.74 Å². The van der Waals surface area contributed by atoms with Crippen LogP contribution in [0.1, 0.15) is 5.56 Å². The van der Waals surface area contributed by atoms with E-state index in [0.717, 1.165) is 5.56 Å². The van der Waals surface area contributed by atoms with Gasteiger partial charge in [0.1, 0.15) is 6.61 Å². The first kappa shape index (κ1) is 8.34. The standard InChI is InChI=1S/C8H9ClNO/c1-7-2-3-8(10-6-7)11-5-4-9/h2-3,6H,1,4-5H2. The number of ether oxygens (including phenoxy) is 1. The predicted molar refractivity (Wildman–Crippen MR) is 44.9 cm³/mol. The van der Waals surface area contributed by atoms with Gasteiger partial charge < -0.3 is 4.74 Å². The highest BCUT2D eigenvalue weighted by Gasteiger charge is 1.91. The Morgan fingerprint density at radius 1 is 1.55 bits per heavy atom. The van der Waals surface area contributed by atoms with Crippen LogP contribution in [-0.2, 0) is 0 Å². The highest BCUT2D eigenvalue weighted by Crippen LogP contribution is 2.05. The summed E-state index contributed by atoms with van der Waals surface area (Å²) in [6, 6.07) is 3.62. The van der Waals surface area contributed by atoms with Crippen LogP contribution in [0, 0.1) is 6.92 Å². The smallest absolute Gasteiger partial charge is 0.213 e. The molecule has 1 radical (unpaired) electrons. The number of nitrogens with zero attached hydrogens (tertiary/aromatic N) is 1. The van der Waals surface area contributed by atoms with Crippen LogP contribution in [0.5, 0.6) is 5.88 Å². The van der Waals surface area contributed by atoms with E-state index in [1.165, 1.54) is 0 Å². The van der Waals surface area contributed by atoms with Gasteiger partial charge in [0.15, 0.2) is 0 Å². The second kappa shape index (κ2) is 4.19. The van der Waals surface area contributed by atoms with Gasteiger partial charge in [0.05, 0.1) is 5.88 Å². The quantitative estimate of drug-likeness (QED) is 0.647. The second-order valence-corrected chi connectivity index (χ2v) is 2.42. The molecule has 0 fully saturated rings. The Hall–Kier alpha value is -0.760. The SMILES string of the molecule is [CH2]c1ccc(OCCCl)nc1. The maximum Gasteiger partial charge on any atom is 0.213 e. The predicted octanol–water partition coefficient (Wildman–Crippen LogP) is 1.88. The fourth-order valence-corrected chi connectivity index (χ4v) is 0.717. The van der Waals surface area contributed by atoms with Crippen LogP contribution < -0.4 is 4.74 Å². The number of rotatable bonds is 3. The van der Waals surface area contributed by atoms with Crippen molar-refractivity contribution in [3.63, 3.8) is 0 Å². The molecule has 2 nitrogen and oxygen atoms in total. The van der Waals surface area contributed by atoms with E-state index in [1.807, 2.05) is 6.07 Å². The van der Waals surface area contributed by atoms with Gasteiger partial charge in [-0.1, -0.05) is 6.07 Å². The molecule has 0 unspecified atom stereocenters. The van der Waals surface area contributed by atoms with Crippen molar-refractivity contribution in [1.29, 1.82) is 0 Å². The van der Waals surface area contributed by atoms with E-state index in [4.69, 9.17) is 16.3 Å². The van der Waals surface area contributed by atoms with Crippen molar-refractivity contribution in [3.8, 4) is 5.88 Å². The summed E-state index contributed by atoms with van der Waals surface area (Å²) in [7, 11) is 0. The molecule has 1 heterocycles. The summed E-state index contributed by atoms with van der Waals surface area (Å²) in [5.41, 5.74) is 0.878. The Bertz CT molecular complexity index is 210. The minimum Gasteiger partial charge on any atom is -0.476 e. The minimum atomic E-state index is 0.480. The normalized spacial score (nSPS) is 9.64. The molecule has 0 bridgehead atoms. The van der Waals surface area contributed by atoms with Crippen molar-refractivity contribution in [2.75, 3.05) is 12.5 Å². The lowest BCUT2D eigenvalue weighted by Gasteiger charge is -2.01. The average molecular weight is 171 g/mol. The van der Waals surface area contributed by atoms with Crippen LogP contribution >= 0.6 is 11.6 Å². The second-order valence-electron chi connectivity index (χ2n) is 2.04. The van der Waals surface area contributed by atoms with E-state index in [2.05, 4.69) is 11.9 Å². The fourth-order valence-electron chi connectivity index (χ4n) is 0.639. The summed E-state index contributed by atoms with van der Waals surface area (Å²) in [5.74, 6) is 1.08. The van der Waals surface area contributed by atoms with Crippen LogP contribution in [-0.4, -0.2) is 17.5 Å². The molecule has 0 saturated heterocycles. The Balaban J connectivity index is 2.52. The molecule has 3 heteroatoms. The topological polar surface area (TPSA) is 22.1 Å². The van der Waals surface area contributed by atoms with Crippen LogP contribution in [0.3, 0.4) is 0 Å². The average Bonchev–Trinajstić information content (AvgIpc) is 2.04. The molecule has 59 valence electrons. The molecule has 0 spiro atoms. The molecule has 0 saturated carbocycles. The van der Waals surface area contributed by atoms with Gasteiger partial charge in [0.2, 0.25) is 5.88 Å². The summed E-state index contributed by atoms with van der Waals surface area (Å²) in [6.07, 6.45) is 1.66. The van der Waals surface area contributed by atoms with E-state index >= 15 is 0 Å². The highest BCUT2D eigenvalue weighted by atomic mass is 35.5. The zero-order chi connectivity index (χ0) is 8.10. The van der Waals surface area contributed by atoms with Gasteiger partial charge in [-0.15, -0.1) is 11.6 Å². The highest BCUT2D eigenvalue weighted by molar-refractivity contribution is 6.17. The Morgan fingerprint density at radius 2 is 2.36 bits per heavy atom. The Morgan fingerprint density at radius 3 is 2.91 bits per heavy atom. The molecule has 1 aromatic rings. The molecule has 0 N–H and O–H groups in total. The molecule has 0 atom stereocenters. The first-order valence-electron chi connectivity index (χ1n) is 3.29. The summed E-state index contributed by atoms with van der Waals surface area (Å²) in [4.78, 5) is 3.97. The van der Waals surface area contributed by atoms with Gasteiger partial charge in [0, 0.05) is 12.3 Å². The molecule has 1 aromatic heterocycles. The zero-order valence-electron chi connectivity index (χ0n) is 6.09. The van der Waals surface area contributed by atoms with Crippen LogP contribution in [0.2, 0.25) is 0 Å². The fraction of sp³-hybridized carbons (Fsp3) is 0.250. The minimum absolute atomic E-state index is 0.480. The number of hydrogen-bond acceptors (Lipinski definition) is 2. The lowest BCUT2D eigenvalue weighted by molar-refractivity contribution is 0.329. The molecule has 0 amide bonds. The Labute approximate surface area is 71.2 Å². The summed E-state index contributed by atoms with van der Waals surface area (Å²) in [5, 5.41) is 0. The lowest BCUT2D eigenvalue weighted by atomic mass is 10.3. The number of alkyl halides is 1. The van der Waals surface area contributed by atoms with Crippen molar-refractivity contribution >= 4 is 11.6 Å². The van der Waals surface area contributed by atoms with Crippen LogP contribution in [0.4, 0.5) is 0 Å². The molecule has 1 rings (SSSR count). The van der Waals surface area contributed by atoms with Gasteiger partial charge in [-0.2, -0.15) is 0 Å². The van der Waals surface area contributed by atoms with Crippen molar-refractivity contribution in [1.82, 2.24) is 4.98 Å². The summed E-state index contributed by atoms with van der Waals surface area (Å²) >= 11 is 5.42. The molecule has 11 heavy (non-hydrogen) atoms. The summed E-state index contributed by atoms with van der Waals surface area (Å²) in [6.45, 7) is 4.19. The molecule has 0 aliphatic heterocycles.